The van der Waals surface area contributed by atoms with E-state index in [1.54, 1.807) is 19.2 Å². The number of hydrogen-bond donors (Lipinski definition) is 1. The van der Waals surface area contributed by atoms with E-state index in [0.29, 0.717) is 24.3 Å². The molecule has 0 saturated carbocycles. The highest BCUT2D eigenvalue weighted by Gasteiger charge is 1.99. The molecule has 0 atom stereocenters. The van der Waals surface area contributed by atoms with E-state index < -0.39 is 0 Å². The van der Waals surface area contributed by atoms with E-state index in [2.05, 4.69) is 6.07 Å². The van der Waals surface area contributed by atoms with Gasteiger partial charge in [0.05, 0.1) is 18.2 Å². The number of nitrogens with one attached hydrogen (secondary N) is 1. The van der Waals surface area contributed by atoms with Crippen molar-refractivity contribution in [2.75, 3.05) is 13.7 Å². The van der Waals surface area contributed by atoms with Crippen LogP contribution < -0.4 is 0 Å². The fourth-order valence-electron chi connectivity index (χ4n) is 1.17. The summed E-state index contributed by atoms with van der Waals surface area (Å²) in [5.41, 5.74) is 2.22. The van der Waals surface area contributed by atoms with Gasteiger partial charge in [-0.25, -0.2) is 0 Å². The molecule has 3 heteroatoms. The second kappa shape index (κ2) is 5.15. The molecule has 1 rings (SSSR count). The van der Waals surface area contributed by atoms with E-state index in [9.17, 15) is 0 Å². The maximum atomic E-state index is 8.58. The molecule has 3 nitrogen and oxygen atoms in total. The largest absolute Gasteiger partial charge is 0.379 e. The number of methoxy groups -OCH3 is 1. The zero-order valence-electron chi connectivity index (χ0n) is 8.08. The number of nitriles is 1. The van der Waals surface area contributed by atoms with Crippen LogP contribution in [-0.2, 0) is 11.2 Å². The van der Waals surface area contributed by atoms with Crippen molar-refractivity contribution in [2.45, 2.75) is 6.42 Å². The van der Waals surface area contributed by atoms with Gasteiger partial charge < -0.3 is 10.1 Å². The second-order valence-corrected chi connectivity index (χ2v) is 3.02. The van der Waals surface area contributed by atoms with E-state index in [1.807, 2.05) is 12.1 Å². The Morgan fingerprint density at radius 1 is 1.43 bits per heavy atom. The van der Waals surface area contributed by atoms with Gasteiger partial charge in [-0.2, -0.15) is 5.26 Å². The number of hydrogen-bond acceptors (Lipinski definition) is 3. The Hall–Kier alpha value is -1.66. The topological polar surface area (TPSA) is 56.9 Å². The number of rotatable bonds is 4. The summed E-state index contributed by atoms with van der Waals surface area (Å²) in [5, 5.41) is 16.1. The van der Waals surface area contributed by atoms with Gasteiger partial charge in [0.2, 0.25) is 0 Å². The molecule has 0 aromatic heterocycles. The van der Waals surface area contributed by atoms with Crippen LogP contribution in [0.3, 0.4) is 0 Å². The summed E-state index contributed by atoms with van der Waals surface area (Å²) < 4.78 is 4.84. The van der Waals surface area contributed by atoms with E-state index in [1.165, 1.54) is 0 Å². The van der Waals surface area contributed by atoms with Crippen LogP contribution >= 0.6 is 0 Å². The van der Waals surface area contributed by atoms with Gasteiger partial charge in [-0.05, 0) is 17.7 Å². The van der Waals surface area contributed by atoms with Gasteiger partial charge >= 0.3 is 0 Å². The third kappa shape index (κ3) is 3.00. The molecule has 0 saturated heterocycles. The lowest BCUT2D eigenvalue weighted by Crippen LogP contribution is -2.08. The van der Waals surface area contributed by atoms with Crippen molar-refractivity contribution in [2.24, 2.45) is 0 Å². The van der Waals surface area contributed by atoms with Crippen LogP contribution in [0, 0.1) is 16.7 Å². The zero-order chi connectivity index (χ0) is 10.4. The maximum Gasteiger partial charge on any atom is 0.0991 e. The summed E-state index contributed by atoms with van der Waals surface area (Å²) in [6.07, 6.45) is 0.583. The van der Waals surface area contributed by atoms with Gasteiger partial charge in [-0.15, -0.1) is 0 Å². The Bertz CT molecular complexity index is 349. The van der Waals surface area contributed by atoms with Gasteiger partial charge in [-0.1, -0.05) is 12.1 Å². The summed E-state index contributed by atoms with van der Waals surface area (Å²) in [6.45, 7) is 0.361. The van der Waals surface area contributed by atoms with E-state index in [-0.39, 0.29) is 0 Å². The molecule has 0 aliphatic carbocycles. The fraction of sp³-hybridized carbons (Fsp3) is 0.273. The average Bonchev–Trinajstić information content (AvgIpc) is 2.19. The SMILES string of the molecule is COCC(=N)Cc1ccc(C#N)cc1. The third-order valence-electron chi connectivity index (χ3n) is 1.82. The van der Waals surface area contributed by atoms with E-state index in [0.717, 1.165) is 5.56 Å². The molecule has 14 heavy (non-hydrogen) atoms. The van der Waals surface area contributed by atoms with Crippen LogP contribution in [0.25, 0.3) is 0 Å². The van der Waals surface area contributed by atoms with Crippen molar-refractivity contribution in [1.29, 1.82) is 10.7 Å². The lowest BCUT2D eigenvalue weighted by Gasteiger charge is -2.02. The van der Waals surface area contributed by atoms with Crippen LogP contribution in [-0.4, -0.2) is 19.4 Å². The van der Waals surface area contributed by atoms with Crippen LogP contribution in [0.2, 0.25) is 0 Å². The summed E-state index contributed by atoms with van der Waals surface area (Å²) in [6, 6.07) is 9.30. The van der Waals surface area contributed by atoms with Gasteiger partial charge in [0.1, 0.15) is 0 Å². The lowest BCUT2D eigenvalue weighted by molar-refractivity contribution is 0.243. The van der Waals surface area contributed by atoms with Crippen molar-refractivity contribution >= 4 is 5.71 Å². The number of benzene rings is 1. The summed E-state index contributed by atoms with van der Waals surface area (Å²) in [7, 11) is 1.58. The average molecular weight is 188 g/mol. The van der Waals surface area contributed by atoms with Crippen LogP contribution in [0.5, 0.6) is 0 Å². The van der Waals surface area contributed by atoms with Gasteiger partial charge in [-0.3, -0.25) is 0 Å². The Balaban J connectivity index is 2.61. The Morgan fingerprint density at radius 2 is 2.07 bits per heavy atom. The van der Waals surface area contributed by atoms with Crippen LogP contribution in [0.15, 0.2) is 24.3 Å². The highest BCUT2D eigenvalue weighted by molar-refractivity contribution is 5.84. The van der Waals surface area contributed by atoms with Crippen molar-refractivity contribution in [3.63, 3.8) is 0 Å². The van der Waals surface area contributed by atoms with Gasteiger partial charge in [0.15, 0.2) is 0 Å². The minimum atomic E-state index is 0.361. The molecule has 0 fully saturated rings. The van der Waals surface area contributed by atoms with Crippen molar-refractivity contribution in [3.05, 3.63) is 35.4 Å². The summed E-state index contributed by atoms with van der Waals surface area (Å²) >= 11 is 0. The molecule has 0 heterocycles. The van der Waals surface area contributed by atoms with Gasteiger partial charge in [0, 0.05) is 19.2 Å². The van der Waals surface area contributed by atoms with Crippen molar-refractivity contribution < 1.29 is 4.74 Å². The smallest absolute Gasteiger partial charge is 0.0991 e. The quantitative estimate of drug-likeness (QED) is 0.732. The van der Waals surface area contributed by atoms with E-state index in [4.69, 9.17) is 15.4 Å². The minimum Gasteiger partial charge on any atom is -0.379 e. The standard InChI is InChI=1S/C11H12N2O/c1-14-8-11(13)6-9-2-4-10(7-12)5-3-9/h2-5,13H,6,8H2,1H3. The molecule has 1 N–H and O–H groups in total. The normalized spacial score (nSPS) is 9.43. The molecule has 0 spiro atoms. The predicted molar refractivity (Wildman–Crippen MR) is 54.5 cm³/mol. The number of ether oxygens (including phenoxy) is 1. The Labute approximate surface area is 83.4 Å². The molecule has 0 bridgehead atoms. The molecule has 0 amide bonds. The highest BCUT2D eigenvalue weighted by Crippen LogP contribution is 2.04. The number of nitrogens with zero attached hydrogens (tertiary/aromatic N) is 1. The summed E-state index contributed by atoms with van der Waals surface area (Å²) in [5.74, 6) is 0. The monoisotopic (exact) mass is 188 g/mol. The van der Waals surface area contributed by atoms with Crippen LogP contribution in [0.4, 0.5) is 0 Å². The zero-order valence-corrected chi connectivity index (χ0v) is 8.08. The molecule has 72 valence electrons. The molecule has 0 aliphatic rings. The molecule has 0 aliphatic heterocycles. The Kier molecular flexibility index (Phi) is 3.84. The maximum absolute atomic E-state index is 8.58. The fourth-order valence-corrected chi connectivity index (χ4v) is 1.17. The summed E-state index contributed by atoms with van der Waals surface area (Å²) in [4.78, 5) is 0. The lowest BCUT2D eigenvalue weighted by atomic mass is 10.1. The first kappa shape index (κ1) is 10.4. The molecule has 1 aromatic carbocycles. The third-order valence-corrected chi connectivity index (χ3v) is 1.82. The molecule has 0 unspecified atom stereocenters. The van der Waals surface area contributed by atoms with Crippen molar-refractivity contribution in [1.82, 2.24) is 0 Å². The Morgan fingerprint density at radius 3 is 2.57 bits per heavy atom. The molecular weight excluding hydrogens is 176 g/mol. The van der Waals surface area contributed by atoms with Gasteiger partial charge in [0.25, 0.3) is 0 Å². The van der Waals surface area contributed by atoms with Crippen molar-refractivity contribution in [3.8, 4) is 6.07 Å². The molecule has 1 aromatic rings. The first-order valence-corrected chi connectivity index (χ1v) is 4.30. The first-order valence-electron chi connectivity index (χ1n) is 4.30. The van der Waals surface area contributed by atoms with Crippen LogP contribution in [0.1, 0.15) is 11.1 Å². The molecule has 0 radical (unpaired) electrons. The van der Waals surface area contributed by atoms with E-state index >= 15 is 0 Å². The second-order valence-electron chi connectivity index (χ2n) is 3.02. The molecular formula is C11H12N2O. The first-order chi connectivity index (χ1) is 6.76. The highest BCUT2D eigenvalue weighted by atomic mass is 16.5. The minimum absolute atomic E-state index is 0.361. The predicted octanol–water partition coefficient (Wildman–Crippen LogP) is 1.77.